The first-order chi connectivity index (χ1) is 18.5. The number of rotatable bonds is 7. The van der Waals surface area contributed by atoms with Gasteiger partial charge in [-0.2, -0.15) is 0 Å². The molecule has 2 aromatic carbocycles. The molecule has 1 aliphatic rings. The van der Waals surface area contributed by atoms with Crippen LogP contribution in [0.2, 0.25) is 0 Å². The van der Waals surface area contributed by atoms with E-state index in [1.165, 1.54) is 0 Å². The minimum atomic E-state index is -1.08. The number of fused-ring (bicyclic) bond motifs is 1. The van der Waals surface area contributed by atoms with Crippen LogP contribution in [0.4, 0.5) is 10.6 Å². The normalized spacial score (nSPS) is 14.3. The largest absolute Gasteiger partial charge is 0.445 e. The molecule has 2 aromatic heterocycles. The van der Waals surface area contributed by atoms with Gasteiger partial charge in [0.05, 0.1) is 12.7 Å². The Morgan fingerprint density at radius 1 is 1.00 bits per heavy atom. The molecule has 4 aromatic rings. The van der Waals surface area contributed by atoms with E-state index in [0.29, 0.717) is 43.3 Å². The molecule has 0 spiro atoms. The number of nitrogens with zero attached hydrogens (tertiary/aromatic N) is 5. The number of amides is 2. The number of ether oxygens (including phenoxy) is 1. The lowest BCUT2D eigenvalue weighted by molar-refractivity contribution is -0.130. The maximum atomic E-state index is 13.0. The monoisotopic (exact) mass is 532 g/mol. The van der Waals surface area contributed by atoms with Gasteiger partial charge in [-0.15, -0.1) is 0 Å². The zero-order chi connectivity index (χ0) is 26.5. The first-order valence-electron chi connectivity index (χ1n) is 12.2. The summed E-state index contributed by atoms with van der Waals surface area (Å²) in [5.41, 5.74) is 3.08. The maximum absolute atomic E-state index is 13.0. The van der Waals surface area contributed by atoms with E-state index >= 15 is 0 Å². The summed E-state index contributed by atoms with van der Waals surface area (Å²) in [6, 6.07) is 16.9. The van der Waals surface area contributed by atoms with E-state index in [1.807, 2.05) is 59.0 Å². The van der Waals surface area contributed by atoms with E-state index in [-0.39, 0.29) is 25.2 Å². The Balaban J connectivity index is 1.20. The smallest absolute Gasteiger partial charge is 0.410 e. The maximum Gasteiger partial charge on any atom is 0.410 e. The van der Waals surface area contributed by atoms with Crippen molar-refractivity contribution in [1.82, 2.24) is 24.2 Å². The molecule has 1 saturated heterocycles. The van der Waals surface area contributed by atoms with Crippen LogP contribution in [-0.4, -0.2) is 79.4 Å². The third kappa shape index (κ3) is 5.67. The van der Waals surface area contributed by atoms with Gasteiger partial charge in [0.1, 0.15) is 18.1 Å². The van der Waals surface area contributed by atoms with Crippen molar-refractivity contribution in [3.8, 4) is 11.3 Å². The van der Waals surface area contributed by atoms with E-state index < -0.39 is 10.8 Å². The van der Waals surface area contributed by atoms with Gasteiger partial charge < -0.3 is 19.9 Å². The second-order valence-corrected chi connectivity index (χ2v) is 10.2. The Kier molecular flexibility index (Phi) is 7.64. The van der Waals surface area contributed by atoms with Gasteiger partial charge in [-0.05, 0) is 17.7 Å². The molecule has 1 fully saturated rings. The number of anilines is 1. The van der Waals surface area contributed by atoms with Gasteiger partial charge in [0.2, 0.25) is 5.91 Å². The van der Waals surface area contributed by atoms with Crippen molar-refractivity contribution >= 4 is 34.3 Å². The molecule has 10 nitrogen and oxygen atoms in total. The topological polar surface area (TPSA) is 109 Å². The summed E-state index contributed by atoms with van der Waals surface area (Å²) in [6.45, 7) is 1.98. The van der Waals surface area contributed by atoms with E-state index in [2.05, 4.69) is 10.3 Å². The molecular weight excluding hydrogens is 504 g/mol. The number of benzene rings is 2. The summed E-state index contributed by atoms with van der Waals surface area (Å²) in [4.78, 5) is 38.4. The summed E-state index contributed by atoms with van der Waals surface area (Å²) >= 11 is 0. The quantitative estimate of drug-likeness (QED) is 0.390. The first-order valence-corrected chi connectivity index (χ1v) is 13.8. The molecule has 1 aliphatic heterocycles. The molecule has 0 radical (unpaired) electrons. The van der Waals surface area contributed by atoms with Crippen LogP contribution in [0.3, 0.4) is 0 Å². The van der Waals surface area contributed by atoms with E-state index in [1.54, 1.807) is 34.6 Å². The van der Waals surface area contributed by atoms with E-state index in [9.17, 15) is 13.8 Å². The van der Waals surface area contributed by atoms with Gasteiger partial charge in [-0.3, -0.25) is 18.4 Å². The molecule has 0 saturated carbocycles. The lowest BCUT2D eigenvalue weighted by atomic mass is 10.1. The Hall–Kier alpha value is -4.25. The second kappa shape index (κ2) is 11.4. The van der Waals surface area contributed by atoms with Gasteiger partial charge in [-0.25, -0.2) is 9.78 Å². The fourth-order valence-corrected chi connectivity index (χ4v) is 4.82. The van der Waals surface area contributed by atoms with E-state index in [0.717, 1.165) is 16.0 Å². The van der Waals surface area contributed by atoms with Crippen LogP contribution in [0.5, 0.6) is 0 Å². The minimum absolute atomic E-state index is 0.0681. The molecule has 0 bridgehead atoms. The van der Waals surface area contributed by atoms with Crippen molar-refractivity contribution in [2.45, 2.75) is 11.5 Å². The third-order valence-corrected chi connectivity index (χ3v) is 7.33. The highest BCUT2D eigenvalue weighted by molar-refractivity contribution is 7.84. The number of carbonyl (C=O) groups excluding carboxylic acids is 2. The Bertz CT molecular complexity index is 1450. The average Bonchev–Trinajstić information content (AvgIpc) is 3.34. The number of piperazine rings is 1. The number of hydrogen-bond acceptors (Lipinski definition) is 7. The molecule has 1 N–H and O–H groups in total. The highest BCUT2D eigenvalue weighted by Crippen LogP contribution is 2.29. The van der Waals surface area contributed by atoms with Gasteiger partial charge >= 0.3 is 6.09 Å². The molecule has 11 heteroatoms. The molecule has 5 rings (SSSR count). The van der Waals surface area contributed by atoms with Crippen molar-refractivity contribution in [2.75, 3.05) is 44.3 Å². The molecule has 196 valence electrons. The number of nitrogens with one attached hydrogen (secondary N) is 1. The minimum Gasteiger partial charge on any atom is -0.445 e. The van der Waals surface area contributed by atoms with Crippen LogP contribution in [0, 0.1) is 0 Å². The Morgan fingerprint density at radius 3 is 2.42 bits per heavy atom. The highest BCUT2D eigenvalue weighted by atomic mass is 32.2. The van der Waals surface area contributed by atoms with Crippen molar-refractivity contribution in [3.63, 3.8) is 0 Å². The van der Waals surface area contributed by atoms with Crippen molar-refractivity contribution in [2.24, 2.45) is 0 Å². The molecule has 0 aliphatic carbocycles. The molecular formula is C27H28N6O4S. The van der Waals surface area contributed by atoms with Crippen LogP contribution in [0.25, 0.3) is 16.9 Å². The van der Waals surface area contributed by atoms with Crippen LogP contribution >= 0.6 is 0 Å². The molecule has 2 amide bonds. The molecule has 1 atom stereocenters. The zero-order valence-electron chi connectivity index (χ0n) is 20.9. The van der Waals surface area contributed by atoms with E-state index in [4.69, 9.17) is 9.72 Å². The van der Waals surface area contributed by atoms with Crippen LogP contribution < -0.4 is 5.32 Å². The second-order valence-electron chi connectivity index (χ2n) is 8.85. The summed E-state index contributed by atoms with van der Waals surface area (Å²) < 4.78 is 19.0. The predicted octanol–water partition coefficient (Wildman–Crippen LogP) is 3.03. The fourth-order valence-electron chi connectivity index (χ4n) is 4.30. The lowest BCUT2D eigenvalue weighted by Crippen LogP contribution is -2.51. The van der Waals surface area contributed by atoms with Crippen LogP contribution in [0.15, 0.2) is 78.1 Å². The standard InChI is InChI=1S/C27H28N6O4S/c1-38(36)22-9-7-21(8-10-22)25-26(33-12-11-28-17-23(33)30-25)29-18-24(34)31-13-15-32(16-14-31)27(35)37-19-20-5-3-2-4-6-20/h2-12,17,29H,13-16,18-19H2,1H3. The Labute approximate surface area is 222 Å². The summed E-state index contributed by atoms with van der Waals surface area (Å²) in [5, 5.41) is 3.26. The van der Waals surface area contributed by atoms with Crippen LogP contribution in [0.1, 0.15) is 5.56 Å². The SMILES string of the molecule is CS(=O)c1ccc(-c2nc3cnccn3c2NCC(=O)N2CCN(C(=O)OCc3ccccc3)CC2)cc1. The highest BCUT2D eigenvalue weighted by Gasteiger charge is 2.25. The average molecular weight is 533 g/mol. The van der Waals surface area contributed by atoms with Gasteiger partial charge in [-0.1, -0.05) is 42.5 Å². The third-order valence-electron chi connectivity index (χ3n) is 6.39. The van der Waals surface area contributed by atoms with Gasteiger partial charge in [0.15, 0.2) is 5.65 Å². The summed E-state index contributed by atoms with van der Waals surface area (Å²) in [6.07, 6.45) is 6.36. The first kappa shape index (κ1) is 25.4. The zero-order valence-corrected chi connectivity index (χ0v) is 21.8. The molecule has 1 unspecified atom stereocenters. The summed E-state index contributed by atoms with van der Waals surface area (Å²) in [5.74, 6) is 0.596. The van der Waals surface area contributed by atoms with Gasteiger partial charge in [0.25, 0.3) is 0 Å². The van der Waals surface area contributed by atoms with Crippen LogP contribution in [-0.2, 0) is 26.9 Å². The number of aromatic nitrogens is 3. The summed E-state index contributed by atoms with van der Waals surface area (Å²) in [7, 11) is -1.08. The van der Waals surface area contributed by atoms with Crippen molar-refractivity contribution < 1.29 is 18.5 Å². The fraction of sp³-hybridized carbons (Fsp3) is 0.259. The Morgan fingerprint density at radius 2 is 1.71 bits per heavy atom. The molecule has 38 heavy (non-hydrogen) atoms. The number of imidazole rings is 1. The predicted molar refractivity (Wildman–Crippen MR) is 144 cm³/mol. The van der Waals surface area contributed by atoms with Crippen molar-refractivity contribution in [3.05, 3.63) is 78.8 Å². The van der Waals surface area contributed by atoms with Crippen molar-refractivity contribution in [1.29, 1.82) is 0 Å². The van der Waals surface area contributed by atoms with Gasteiger partial charge in [0, 0.05) is 66.1 Å². The number of carbonyl (C=O) groups is 2. The number of hydrogen-bond donors (Lipinski definition) is 1. The lowest BCUT2D eigenvalue weighted by Gasteiger charge is -2.34. The molecule has 3 heterocycles.